The summed E-state index contributed by atoms with van der Waals surface area (Å²) in [5.74, 6) is 1.43. The van der Waals surface area contributed by atoms with Crippen LogP contribution in [0, 0.1) is 0 Å². The molecule has 0 spiro atoms. The summed E-state index contributed by atoms with van der Waals surface area (Å²) in [4.78, 5) is 26.5. The van der Waals surface area contributed by atoms with Crippen LogP contribution in [0.1, 0.15) is 16.8 Å². The van der Waals surface area contributed by atoms with Gasteiger partial charge in [-0.3, -0.25) is 14.7 Å². The number of H-pyrrole nitrogens is 1. The summed E-state index contributed by atoms with van der Waals surface area (Å²) in [5, 5.41) is 0. The van der Waals surface area contributed by atoms with E-state index >= 15 is 0 Å². The van der Waals surface area contributed by atoms with Gasteiger partial charge in [-0.1, -0.05) is 12.1 Å². The largest absolute Gasteiger partial charge is 0.497 e. The molecule has 0 atom stereocenters. The van der Waals surface area contributed by atoms with E-state index in [0.717, 1.165) is 35.7 Å². The highest BCUT2D eigenvalue weighted by atomic mass is 16.5. The second kappa shape index (κ2) is 7.09. The van der Waals surface area contributed by atoms with Crippen molar-refractivity contribution in [2.45, 2.75) is 19.5 Å². The van der Waals surface area contributed by atoms with Crippen molar-refractivity contribution in [3.8, 4) is 17.1 Å². The summed E-state index contributed by atoms with van der Waals surface area (Å²) < 4.78 is 5.21. The zero-order valence-electron chi connectivity index (χ0n) is 14.6. The normalized spacial score (nSPS) is 14.0. The first-order chi connectivity index (χ1) is 12.7. The molecular weight excluding hydrogens is 328 g/mol. The molecule has 4 rings (SSSR count). The van der Waals surface area contributed by atoms with Gasteiger partial charge >= 0.3 is 0 Å². The zero-order valence-corrected chi connectivity index (χ0v) is 14.6. The average Bonchev–Trinajstić information content (AvgIpc) is 2.69. The van der Waals surface area contributed by atoms with Crippen molar-refractivity contribution in [3.63, 3.8) is 0 Å². The summed E-state index contributed by atoms with van der Waals surface area (Å²) in [7, 11) is 1.67. The Morgan fingerprint density at radius 1 is 1.23 bits per heavy atom. The summed E-state index contributed by atoms with van der Waals surface area (Å²) in [5.41, 5.74) is 3.64. The third kappa shape index (κ3) is 3.36. The number of fused-ring (bicyclic) bond motifs is 1. The fraction of sp³-hybridized carbons (Fsp3) is 0.250. The lowest BCUT2D eigenvalue weighted by atomic mass is 10.1. The Morgan fingerprint density at radius 3 is 2.81 bits per heavy atom. The van der Waals surface area contributed by atoms with Crippen molar-refractivity contribution < 1.29 is 4.74 Å². The molecule has 0 unspecified atom stereocenters. The van der Waals surface area contributed by atoms with Gasteiger partial charge < -0.3 is 9.72 Å². The maximum absolute atomic E-state index is 12.4. The molecule has 26 heavy (non-hydrogen) atoms. The molecule has 0 amide bonds. The Labute approximate surface area is 151 Å². The molecule has 1 N–H and O–H groups in total. The Kier molecular flexibility index (Phi) is 4.50. The quantitative estimate of drug-likeness (QED) is 0.784. The van der Waals surface area contributed by atoms with E-state index in [0.29, 0.717) is 18.8 Å². The molecule has 6 nitrogen and oxygen atoms in total. The molecule has 0 bridgehead atoms. The number of ether oxygens (including phenoxy) is 1. The molecule has 0 aliphatic carbocycles. The molecule has 132 valence electrons. The molecule has 0 saturated carbocycles. The highest BCUT2D eigenvalue weighted by Gasteiger charge is 2.21. The first-order valence-corrected chi connectivity index (χ1v) is 8.60. The molecular formula is C20H20N4O2. The van der Waals surface area contributed by atoms with E-state index in [1.165, 1.54) is 5.56 Å². The van der Waals surface area contributed by atoms with Crippen LogP contribution in [0.5, 0.6) is 5.75 Å². The van der Waals surface area contributed by atoms with Crippen LogP contribution >= 0.6 is 0 Å². The minimum atomic E-state index is -0.0436. The molecule has 0 fully saturated rings. The predicted molar refractivity (Wildman–Crippen MR) is 98.9 cm³/mol. The van der Waals surface area contributed by atoms with E-state index in [9.17, 15) is 4.79 Å². The Hall–Kier alpha value is -2.99. The van der Waals surface area contributed by atoms with Crippen molar-refractivity contribution in [2.24, 2.45) is 0 Å². The maximum Gasteiger partial charge on any atom is 0.254 e. The van der Waals surface area contributed by atoms with E-state index in [2.05, 4.69) is 27.0 Å². The van der Waals surface area contributed by atoms with Crippen molar-refractivity contribution in [2.75, 3.05) is 13.7 Å². The molecule has 6 heteroatoms. The molecule has 1 aliphatic heterocycles. The third-order valence-electron chi connectivity index (χ3n) is 4.65. The van der Waals surface area contributed by atoms with Crippen LogP contribution in [0.15, 0.2) is 53.6 Å². The minimum Gasteiger partial charge on any atom is -0.497 e. The van der Waals surface area contributed by atoms with Gasteiger partial charge in [-0.25, -0.2) is 4.98 Å². The van der Waals surface area contributed by atoms with Gasteiger partial charge in [0.15, 0.2) is 0 Å². The molecule has 3 heterocycles. The number of hydrogen-bond acceptors (Lipinski definition) is 5. The monoisotopic (exact) mass is 348 g/mol. The molecule has 2 aromatic heterocycles. The summed E-state index contributed by atoms with van der Waals surface area (Å²) in [6, 6.07) is 11.8. The first-order valence-electron chi connectivity index (χ1n) is 8.60. The van der Waals surface area contributed by atoms with E-state index in [4.69, 9.17) is 9.72 Å². The first kappa shape index (κ1) is 16.5. The minimum absolute atomic E-state index is 0.0436. The number of pyridine rings is 1. The van der Waals surface area contributed by atoms with Crippen LogP contribution in [-0.2, 0) is 19.5 Å². The number of methoxy groups -OCH3 is 1. The SMILES string of the molecule is COc1ccc(CN2CCc3c(nc(-c4cccnc4)[nH]c3=O)C2)cc1. The number of rotatable bonds is 4. The second-order valence-corrected chi connectivity index (χ2v) is 6.39. The fourth-order valence-electron chi connectivity index (χ4n) is 3.26. The van der Waals surface area contributed by atoms with Crippen molar-refractivity contribution >= 4 is 0 Å². The zero-order chi connectivity index (χ0) is 17.9. The van der Waals surface area contributed by atoms with Gasteiger partial charge in [0.05, 0.1) is 12.8 Å². The van der Waals surface area contributed by atoms with Gasteiger partial charge in [0.1, 0.15) is 11.6 Å². The predicted octanol–water partition coefficient (Wildman–Crippen LogP) is 2.40. The number of hydrogen-bond donors (Lipinski definition) is 1. The maximum atomic E-state index is 12.4. The van der Waals surface area contributed by atoms with Gasteiger partial charge in [-0.05, 0) is 36.2 Å². The highest BCUT2D eigenvalue weighted by molar-refractivity contribution is 5.53. The van der Waals surface area contributed by atoms with E-state index in [-0.39, 0.29) is 5.56 Å². The lowest BCUT2D eigenvalue weighted by molar-refractivity contribution is 0.240. The van der Waals surface area contributed by atoms with Gasteiger partial charge in [-0.15, -0.1) is 0 Å². The van der Waals surface area contributed by atoms with Crippen LogP contribution in [0.4, 0.5) is 0 Å². The highest BCUT2D eigenvalue weighted by Crippen LogP contribution is 2.20. The smallest absolute Gasteiger partial charge is 0.254 e. The number of aromatic nitrogens is 3. The average molecular weight is 348 g/mol. The Bertz CT molecular complexity index is 952. The second-order valence-electron chi connectivity index (χ2n) is 6.39. The van der Waals surface area contributed by atoms with Crippen molar-refractivity contribution in [3.05, 3.63) is 76.0 Å². The third-order valence-corrected chi connectivity index (χ3v) is 4.65. The lowest BCUT2D eigenvalue weighted by Crippen LogP contribution is -2.35. The van der Waals surface area contributed by atoms with Crippen LogP contribution in [0.25, 0.3) is 11.4 Å². The van der Waals surface area contributed by atoms with Gasteiger partial charge in [-0.2, -0.15) is 0 Å². The Morgan fingerprint density at radius 2 is 2.08 bits per heavy atom. The molecule has 1 aliphatic rings. The van der Waals surface area contributed by atoms with E-state index in [1.807, 2.05) is 24.3 Å². The number of nitrogens with zero attached hydrogens (tertiary/aromatic N) is 3. The number of benzene rings is 1. The van der Waals surface area contributed by atoms with Crippen LogP contribution in [0.2, 0.25) is 0 Å². The molecule has 0 radical (unpaired) electrons. The summed E-state index contributed by atoms with van der Waals surface area (Å²) in [6.45, 7) is 2.33. The van der Waals surface area contributed by atoms with E-state index in [1.54, 1.807) is 19.5 Å². The number of aromatic amines is 1. The van der Waals surface area contributed by atoms with E-state index < -0.39 is 0 Å². The van der Waals surface area contributed by atoms with Crippen LogP contribution in [0.3, 0.4) is 0 Å². The standard InChI is InChI=1S/C20H20N4O2/c1-26-16-6-4-14(5-7-16)12-24-10-8-17-18(13-24)22-19(23-20(17)25)15-3-2-9-21-11-15/h2-7,9,11H,8,10,12-13H2,1H3,(H,22,23,25). The van der Waals surface area contributed by atoms with Crippen LogP contribution in [-0.4, -0.2) is 33.5 Å². The molecule has 3 aromatic rings. The molecule has 0 saturated heterocycles. The van der Waals surface area contributed by atoms with Crippen molar-refractivity contribution in [1.82, 2.24) is 19.9 Å². The summed E-state index contributed by atoms with van der Waals surface area (Å²) >= 11 is 0. The topological polar surface area (TPSA) is 71.1 Å². The number of nitrogens with one attached hydrogen (secondary N) is 1. The van der Waals surface area contributed by atoms with Gasteiger partial charge in [0.25, 0.3) is 5.56 Å². The van der Waals surface area contributed by atoms with Gasteiger partial charge in [0, 0.05) is 43.2 Å². The fourth-order valence-corrected chi connectivity index (χ4v) is 3.26. The molecule has 1 aromatic carbocycles. The summed E-state index contributed by atoms with van der Waals surface area (Å²) in [6.07, 6.45) is 4.13. The van der Waals surface area contributed by atoms with Crippen molar-refractivity contribution in [1.29, 1.82) is 0 Å². The van der Waals surface area contributed by atoms with Gasteiger partial charge in [0.2, 0.25) is 0 Å². The Balaban J connectivity index is 1.57. The van der Waals surface area contributed by atoms with Crippen LogP contribution < -0.4 is 10.3 Å². The lowest BCUT2D eigenvalue weighted by Gasteiger charge is -2.27.